The van der Waals surface area contributed by atoms with Gasteiger partial charge in [-0.3, -0.25) is 4.79 Å². The predicted octanol–water partition coefficient (Wildman–Crippen LogP) is 3.80. The molecule has 0 radical (unpaired) electrons. The summed E-state index contributed by atoms with van der Waals surface area (Å²) < 4.78 is 5.64. The Hall–Kier alpha value is -1.84. The van der Waals surface area contributed by atoms with Crippen LogP contribution in [0.2, 0.25) is 0 Å². The molecular weight excluding hydrogens is 264 g/mol. The van der Waals surface area contributed by atoms with E-state index in [0.29, 0.717) is 5.89 Å². The summed E-state index contributed by atoms with van der Waals surface area (Å²) in [6.45, 7) is 5.94. The van der Waals surface area contributed by atoms with Gasteiger partial charge in [0.25, 0.3) is 0 Å². The van der Waals surface area contributed by atoms with Crippen molar-refractivity contribution in [3.8, 4) is 0 Å². The van der Waals surface area contributed by atoms with Gasteiger partial charge in [0.15, 0.2) is 5.58 Å². The highest BCUT2D eigenvalue weighted by Gasteiger charge is 2.16. The first-order valence-electron chi connectivity index (χ1n) is 7.86. The van der Waals surface area contributed by atoms with E-state index in [1.54, 1.807) is 0 Å². The molecule has 0 spiro atoms. The molecule has 0 atom stereocenters. The molecule has 2 rings (SSSR count). The number of carbonyl (C=O) groups excluding carboxylic acids is 1. The number of carbonyl (C=O) groups is 1. The van der Waals surface area contributed by atoms with E-state index in [9.17, 15) is 4.79 Å². The van der Waals surface area contributed by atoms with Gasteiger partial charge in [0, 0.05) is 13.1 Å². The molecule has 0 aliphatic heterocycles. The molecule has 0 saturated heterocycles. The quantitative estimate of drug-likeness (QED) is 0.742. The molecule has 0 saturated carbocycles. The van der Waals surface area contributed by atoms with E-state index >= 15 is 0 Å². The van der Waals surface area contributed by atoms with Crippen molar-refractivity contribution in [2.75, 3.05) is 13.1 Å². The number of hydrogen-bond donors (Lipinski definition) is 0. The van der Waals surface area contributed by atoms with E-state index in [1.165, 1.54) is 0 Å². The van der Waals surface area contributed by atoms with Crippen molar-refractivity contribution in [2.45, 2.75) is 46.0 Å². The highest BCUT2D eigenvalue weighted by Crippen LogP contribution is 2.15. The minimum atomic E-state index is 0.114. The first-order valence-corrected chi connectivity index (χ1v) is 7.86. The Morgan fingerprint density at radius 3 is 2.43 bits per heavy atom. The number of oxazole rings is 1. The molecule has 114 valence electrons. The lowest BCUT2D eigenvalue weighted by molar-refractivity contribution is -0.131. The van der Waals surface area contributed by atoms with Crippen LogP contribution >= 0.6 is 0 Å². The van der Waals surface area contributed by atoms with Crippen LogP contribution in [-0.2, 0) is 11.2 Å². The zero-order chi connectivity index (χ0) is 15.1. The molecule has 1 heterocycles. The molecule has 2 aromatic rings. The van der Waals surface area contributed by atoms with Crippen LogP contribution < -0.4 is 0 Å². The van der Waals surface area contributed by atoms with E-state index in [2.05, 4.69) is 18.8 Å². The first kappa shape index (κ1) is 15.5. The predicted molar refractivity (Wildman–Crippen MR) is 84.1 cm³/mol. The summed E-state index contributed by atoms with van der Waals surface area (Å²) in [4.78, 5) is 18.8. The normalized spacial score (nSPS) is 11.0. The zero-order valence-corrected chi connectivity index (χ0v) is 13.0. The van der Waals surface area contributed by atoms with Crippen molar-refractivity contribution < 1.29 is 9.21 Å². The molecular formula is C17H24N2O2. The highest BCUT2D eigenvalue weighted by atomic mass is 16.3. The lowest BCUT2D eigenvalue weighted by Gasteiger charge is -2.21. The fraction of sp³-hybridized carbons (Fsp3) is 0.529. The summed E-state index contributed by atoms with van der Waals surface area (Å²) in [7, 11) is 0. The Kier molecular flexibility index (Phi) is 5.78. The number of hydrogen-bond acceptors (Lipinski definition) is 3. The second-order valence-corrected chi connectivity index (χ2v) is 5.34. The maximum atomic E-state index is 12.4. The summed E-state index contributed by atoms with van der Waals surface area (Å²) in [5, 5.41) is 0. The number of para-hydroxylation sites is 2. The molecule has 1 amide bonds. The monoisotopic (exact) mass is 288 g/mol. The average molecular weight is 288 g/mol. The highest BCUT2D eigenvalue weighted by molar-refractivity contribution is 5.79. The van der Waals surface area contributed by atoms with Crippen molar-refractivity contribution in [2.24, 2.45) is 0 Å². The third-order valence-electron chi connectivity index (χ3n) is 3.56. The first-order chi connectivity index (χ1) is 10.2. The minimum Gasteiger partial charge on any atom is -0.440 e. The van der Waals surface area contributed by atoms with Crippen LogP contribution in [0.1, 0.15) is 45.4 Å². The van der Waals surface area contributed by atoms with Gasteiger partial charge in [-0.25, -0.2) is 4.98 Å². The Morgan fingerprint density at radius 1 is 1.14 bits per heavy atom. The van der Waals surface area contributed by atoms with Crippen molar-refractivity contribution in [3.63, 3.8) is 0 Å². The molecule has 0 N–H and O–H groups in total. The van der Waals surface area contributed by atoms with Crippen LogP contribution in [-0.4, -0.2) is 28.9 Å². The lowest BCUT2D eigenvalue weighted by atomic mass is 10.2. The summed E-state index contributed by atoms with van der Waals surface area (Å²) >= 11 is 0. The Labute approximate surface area is 126 Å². The summed E-state index contributed by atoms with van der Waals surface area (Å²) in [6.07, 6.45) is 4.53. The molecule has 4 heteroatoms. The molecule has 0 aliphatic carbocycles. The third kappa shape index (κ3) is 4.31. The van der Waals surface area contributed by atoms with Gasteiger partial charge < -0.3 is 9.32 Å². The van der Waals surface area contributed by atoms with Crippen LogP contribution in [0.4, 0.5) is 0 Å². The average Bonchev–Trinajstić information content (AvgIpc) is 2.89. The van der Waals surface area contributed by atoms with Gasteiger partial charge in [-0.2, -0.15) is 0 Å². The van der Waals surface area contributed by atoms with E-state index in [1.807, 2.05) is 29.2 Å². The van der Waals surface area contributed by atoms with Gasteiger partial charge in [0.1, 0.15) is 11.9 Å². The maximum absolute atomic E-state index is 12.4. The second-order valence-electron chi connectivity index (χ2n) is 5.34. The fourth-order valence-corrected chi connectivity index (χ4v) is 2.30. The molecule has 21 heavy (non-hydrogen) atoms. The molecule has 0 fully saturated rings. The smallest absolute Gasteiger partial charge is 0.231 e. The standard InChI is InChI=1S/C17H24N2O2/c1-3-5-11-19(12-6-4-2)17(20)13-16-18-14-9-7-8-10-15(14)21-16/h7-10H,3-6,11-13H2,1-2H3. The molecule has 1 aromatic carbocycles. The Bertz CT molecular complexity index is 536. The number of rotatable bonds is 8. The van der Waals surface area contributed by atoms with Crippen LogP contribution in [0.3, 0.4) is 0 Å². The van der Waals surface area contributed by atoms with E-state index in [4.69, 9.17) is 4.42 Å². The summed E-state index contributed by atoms with van der Waals surface area (Å²) in [5.74, 6) is 0.627. The largest absolute Gasteiger partial charge is 0.440 e. The van der Waals surface area contributed by atoms with Gasteiger partial charge in [-0.05, 0) is 25.0 Å². The molecule has 0 bridgehead atoms. The van der Waals surface area contributed by atoms with Crippen molar-refractivity contribution in [1.29, 1.82) is 0 Å². The van der Waals surface area contributed by atoms with Crippen LogP contribution in [0.15, 0.2) is 28.7 Å². The van der Waals surface area contributed by atoms with Crippen molar-refractivity contribution in [3.05, 3.63) is 30.2 Å². The lowest BCUT2D eigenvalue weighted by Crippen LogP contribution is -2.34. The Morgan fingerprint density at radius 2 is 1.81 bits per heavy atom. The summed E-state index contributed by atoms with van der Waals surface area (Å²) in [5.41, 5.74) is 1.56. The van der Waals surface area contributed by atoms with Crippen LogP contribution in [0, 0.1) is 0 Å². The number of aromatic nitrogens is 1. The van der Waals surface area contributed by atoms with E-state index in [-0.39, 0.29) is 12.3 Å². The van der Waals surface area contributed by atoms with Crippen molar-refractivity contribution >= 4 is 17.0 Å². The van der Waals surface area contributed by atoms with Crippen LogP contribution in [0.5, 0.6) is 0 Å². The van der Waals surface area contributed by atoms with Gasteiger partial charge in [0.2, 0.25) is 11.8 Å². The zero-order valence-electron chi connectivity index (χ0n) is 13.0. The summed E-state index contributed by atoms with van der Waals surface area (Å²) in [6, 6.07) is 7.61. The van der Waals surface area contributed by atoms with Gasteiger partial charge >= 0.3 is 0 Å². The number of nitrogens with zero attached hydrogens (tertiary/aromatic N) is 2. The topological polar surface area (TPSA) is 46.3 Å². The van der Waals surface area contributed by atoms with Crippen LogP contribution in [0.25, 0.3) is 11.1 Å². The maximum Gasteiger partial charge on any atom is 0.231 e. The van der Waals surface area contributed by atoms with Crippen molar-refractivity contribution in [1.82, 2.24) is 9.88 Å². The number of unbranched alkanes of at least 4 members (excludes halogenated alkanes) is 2. The van der Waals surface area contributed by atoms with Gasteiger partial charge in [-0.1, -0.05) is 38.8 Å². The number of benzene rings is 1. The third-order valence-corrected chi connectivity index (χ3v) is 3.56. The molecule has 0 unspecified atom stereocenters. The Balaban J connectivity index is 2.02. The molecule has 1 aromatic heterocycles. The molecule has 0 aliphatic rings. The SMILES string of the molecule is CCCCN(CCCC)C(=O)Cc1nc2ccccc2o1. The fourth-order valence-electron chi connectivity index (χ4n) is 2.30. The van der Waals surface area contributed by atoms with E-state index < -0.39 is 0 Å². The number of fused-ring (bicyclic) bond motifs is 1. The van der Waals surface area contributed by atoms with Gasteiger partial charge in [-0.15, -0.1) is 0 Å². The number of amides is 1. The van der Waals surface area contributed by atoms with Gasteiger partial charge in [0.05, 0.1) is 0 Å². The second kappa shape index (κ2) is 7.81. The van der Waals surface area contributed by atoms with E-state index in [0.717, 1.165) is 49.9 Å². The molecule has 4 nitrogen and oxygen atoms in total. The minimum absolute atomic E-state index is 0.114.